The maximum atomic E-state index is 13.6. The summed E-state index contributed by atoms with van der Waals surface area (Å²) in [5.74, 6) is 0.471. The van der Waals surface area contributed by atoms with Crippen LogP contribution in [0.25, 0.3) is 11.0 Å². The summed E-state index contributed by atoms with van der Waals surface area (Å²) in [6, 6.07) is 4.20. The van der Waals surface area contributed by atoms with Gasteiger partial charge < -0.3 is 29.9 Å². The van der Waals surface area contributed by atoms with Gasteiger partial charge in [0.15, 0.2) is 0 Å². The fraction of sp³-hybridized carbons (Fsp3) is 0.667. The molecule has 4 unspecified atom stereocenters. The molecule has 3 fully saturated rings. The molecule has 2 saturated carbocycles. The summed E-state index contributed by atoms with van der Waals surface area (Å²) < 4.78 is 38.8. The van der Waals surface area contributed by atoms with Gasteiger partial charge in [0.2, 0.25) is 18.7 Å². The number of alkyl halides is 2. The normalized spacial score (nSPS) is 25.7. The van der Waals surface area contributed by atoms with Gasteiger partial charge >= 0.3 is 0 Å². The Morgan fingerprint density at radius 3 is 2.48 bits per heavy atom. The third-order valence-electron chi connectivity index (χ3n) is 9.67. The number of unbranched alkanes of at least 4 members (excludes halogenated alkanes) is 2. The average Bonchev–Trinajstić information content (AvgIpc) is 3.42. The summed E-state index contributed by atoms with van der Waals surface area (Å²) in [5, 5.41) is 0. The zero-order chi connectivity index (χ0) is 32.9. The first-order valence-electron chi connectivity index (χ1n) is 15.8. The van der Waals surface area contributed by atoms with E-state index in [0.29, 0.717) is 41.1 Å². The number of halogens is 2. The molecule has 1 radical (unpaired) electrons. The Kier molecular flexibility index (Phi) is 13.4. The molecule has 2 amide bonds. The molecule has 0 spiro atoms. The van der Waals surface area contributed by atoms with Crippen LogP contribution in [-0.2, 0) is 44.1 Å². The van der Waals surface area contributed by atoms with E-state index in [0.717, 1.165) is 44.0 Å². The number of hydrogen-bond donors (Lipinski definition) is 2. The number of benzene rings is 1. The van der Waals surface area contributed by atoms with Crippen LogP contribution < -0.4 is 16.0 Å². The van der Waals surface area contributed by atoms with Crippen LogP contribution in [0.4, 0.5) is 8.78 Å². The number of aromatic amines is 1. The van der Waals surface area contributed by atoms with Crippen LogP contribution >= 0.6 is 0 Å². The minimum atomic E-state index is -2.67. The first-order chi connectivity index (χ1) is 21.4. The number of likely N-dealkylation sites (tertiary alicyclic amines) is 1. The summed E-state index contributed by atoms with van der Waals surface area (Å²) in [6.45, 7) is 5.87. The van der Waals surface area contributed by atoms with E-state index in [1.807, 2.05) is 32.9 Å². The molecule has 253 valence electrons. The number of primary amides is 1. The number of methoxy groups -OCH3 is 1. The van der Waals surface area contributed by atoms with Crippen molar-refractivity contribution in [3.8, 4) is 5.75 Å². The summed E-state index contributed by atoms with van der Waals surface area (Å²) in [4.78, 5) is 55.1. The number of hydrogen-bond acceptors (Lipinski definition) is 7. The summed E-state index contributed by atoms with van der Waals surface area (Å²) >= 11 is 0. The van der Waals surface area contributed by atoms with E-state index in [4.69, 9.17) is 14.3 Å². The van der Waals surface area contributed by atoms with Crippen molar-refractivity contribution in [2.24, 2.45) is 34.8 Å². The number of amides is 2. The van der Waals surface area contributed by atoms with Crippen molar-refractivity contribution in [2.45, 2.75) is 96.8 Å². The molecule has 46 heavy (non-hydrogen) atoms. The van der Waals surface area contributed by atoms with Crippen LogP contribution in [0.5, 0.6) is 5.75 Å². The monoisotopic (exact) mass is 682 g/mol. The molecule has 13 heteroatoms. The number of rotatable bonds is 12. The molecule has 1 aromatic heterocycles. The minimum Gasteiger partial charge on any atom is -0.540 e. The molecule has 7 atom stereocenters. The predicted molar refractivity (Wildman–Crippen MR) is 164 cm³/mol. The molecule has 1 saturated heterocycles. The number of ether oxygens (including phenoxy) is 2. The second kappa shape index (κ2) is 16.3. The molecular weight excluding hydrogens is 637 g/mol. The predicted octanol–water partition coefficient (Wildman–Crippen LogP) is 4.18. The standard InChI is InChI=1S/C32H42F2N3O5.CH3NO.V/c1-32(2,3)28(31(40)37-15-14-22(29(33)34)26(37)17-38)42-27-20(19-11-12-21(19)27)8-6-5-7-9-24-30(39)36-25-16-18(41-4)10-13-23(25)35-24;2-1-3;/h10,13,16,19-22,26-29H,5-9,11-12,14-15H2,1-4H3,(H,36,39);1H,(H2,2,3);/q-1;;/t19-,20?,21?,22?,26?,27-,28+;;/m0../s1. The number of nitrogens with two attached hydrogens (primary N) is 1. The second-order valence-electron chi connectivity index (χ2n) is 13.4. The van der Waals surface area contributed by atoms with Gasteiger partial charge in [-0.3, -0.25) is 14.4 Å². The molecule has 3 N–H and O–H groups in total. The third-order valence-corrected chi connectivity index (χ3v) is 9.67. The van der Waals surface area contributed by atoms with E-state index < -0.39 is 29.9 Å². The van der Waals surface area contributed by atoms with Gasteiger partial charge in [0, 0.05) is 37.1 Å². The fourth-order valence-electron chi connectivity index (χ4n) is 7.15. The summed E-state index contributed by atoms with van der Waals surface area (Å²) in [5.41, 5.74) is 5.35. The maximum absolute atomic E-state index is 13.6. The Labute approximate surface area is 280 Å². The van der Waals surface area contributed by atoms with Gasteiger partial charge in [0.1, 0.15) is 17.5 Å². The van der Waals surface area contributed by atoms with Gasteiger partial charge in [0.25, 0.3) is 5.56 Å². The minimum absolute atomic E-state index is 0. The maximum Gasteiger partial charge on any atom is 0.270 e. The number of aromatic nitrogens is 2. The van der Waals surface area contributed by atoms with E-state index in [9.17, 15) is 23.2 Å². The van der Waals surface area contributed by atoms with E-state index in [-0.39, 0.29) is 55.5 Å². The Morgan fingerprint density at radius 2 is 1.89 bits per heavy atom. The van der Waals surface area contributed by atoms with Crippen molar-refractivity contribution in [1.29, 1.82) is 0 Å². The van der Waals surface area contributed by atoms with Gasteiger partial charge in [-0.1, -0.05) is 39.7 Å². The van der Waals surface area contributed by atoms with Gasteiger partial charge in [-0.25, -0.2) is 20.1 Å². The molecule has 1 aromatic carbocycles. The Balaban J connectivity index is 0.00000139. The average molecular weight is 683 g/mol. The quantitative estimate of drug-likeness (QED) is 0.194. The first kappa shape index (κ1) is 37.6. The second-order valence-corrected chi connectivity index (χ2v) is 13.4. The largest absolute Gasteiger partial charge is 0.540 e. The molecule has 3 aliphatic rings. The van der Waals surface area contributed by atoms with Crippen LogP contribution in [0.1, 0.15) is 71.4 Å². The summed E-state index contributed by atoms with van der Waals surface area (Å²) in [6.07, 6.45) is 5.08. The molecule has 1 aliphatic heterocycles. The number of fused-ring (bicyclic) bond motifs is 2. The van der Waals surface area contributed by atoms with Crippen molar-refractivity contribution in [3.05, 3.63) is 34.2 Å². The Hall–Kier alpha value is -2.83. The van der Waals surface area contributed by atoms with Crippen LogP contribution in [0.15, 0.2) is 23.0 Å². The molecule has 2 aromatic rings. The van der Waals surface area contributed by atoms with Crippen molar-refractivity contribution < 1.29 is 51.2 Å². The molecular formula is C33H45F2N4O6V-. The first-order valence-corrected chi connectivity index (χ1v) is 15.8. The summed E-state index contributed by atoms with van der Waals surface area (Å²) in [7, 11) is 1.58. The van der Waals surface area contributed by atoms with E-state index in [1.165, 1.54) is 4.90 Å². The third kappa shape index (κ3) is 8.17. The zero-order valence-corrected chi connectivity index (χ0v) is 28.3. The van der Waals surface area contributed by atoms with E-state index in [2.05, 4.69) is 15.7 Å². The van der Waals surface area contributed by atoms with Gasteiger partial charge in [0.05, 0.1) is 24.2 Å². The van der Waals surface area contributed by atoms with Crippen molar-refractivity contribution in [2.75, 3.05) is 13.7 Å². The van der Waals surface area contributed by atoms with E-state index in [1.54, 1.807) is 19.5 Å². The molecule has 2 heterocycles. The Morgan fingerprint density at radius 1 is 1.20 bits per heavy atom. The number of aryl methyl sites for hydroxylation is 1. The number of carbonyl (C=O) groups is 2. The number of H-pyrrole nitrogens is 1. The van der Waals surface area contributed by atoms with Crippen LogP contribution in [0, 0.1) is 29.1 Å². The SMILES string of the molecule is COc1ccc2nc(CCCCCC3[C@@H]4CCC4[C@H]3O[C@H](C(=O)N3CCC(C(F)F)C3[C-]=O)C(C)(C)C)c(=O)[nH]c2c1.NC=O.[V]. The number of nitrogens with zero attached hydrogens (tertiary/aromatic N) is 2. The fourth-order valence-corrected chi connectivity index (χ4v) is 7.15. The number of nitrogens with one attached hydrogen (secondary N) is 1. The molecule has 0 bridgehead atoms. The van der Waals surface area contributed by atoms with Crippen molar-refractivity contribution in [3.63, 3.8) is 0 Å². The smallest absolute Gasteiger partial charge is 0.270 e. The van der Waals surface area contributed by atoms with Gasteiger partial charge in [-0.2, -0.15) is 0 Å². The van der Waals surface area contributed by atoms with Crippen molar-refractivity contribution in [1.82, 2.24) is 14.9 Å². The van der Waals surface area contributed by atoms with Gasteiger partial charge in [-0.05, 0) is 73.8 Å². The van der Waals surface area contributed by atoms with Crippen LogP contribution in [0.2, 0.25) is 0 Å². The van der Waals surface area contributed by atoms with Gasteiger partial charge in [-0.15, -0.1) is 0 Å². The van der Waals surface area contributed by atoms with Crippen molar-refractivity contribution >= 4 is 29.6 Å². The topological polar surface area (TPSA) is 145 Å². The molecule has 2 aliphatic carbocycles. The number of carbonyl (C=O) groups excluding carboxylic acids is 3. The van der Waals surface area contributed by atoms with E-state index >= 15 is 0 Å². The Bertz CT molecular complexity index is 1400. The molecule has 10 nitrogen and oxygen atoms in total. The molecule has 5 rings (SSSR count). The van der Waals surface area contributed by atoms with Crippen LogP contribution in [0.3, 0.4) is 0 Å². The van der Waals surface area contributed by atoms with Crippen LogP contribution in [-0.4, -0.2) is 71.8 Å². The zero-order valence-electron chi connectivity index (χ0n) is 26.9.